The molecule has 1 amide bonds. The summed E-state index contributed by atoms with van der Waals surface area (Å²) in [7, 11) is 0. The number of carbonyl (C=O) groups excluding carboxylic acids is 1. The monoisotopic (exact) mass is 415 g/mol. The van der Waals surface area contributed by atoms with Crippen LogP contribution in [0.1, 0.15) is 41.6 Å². The molecule has 2 bridgehead atoms. The number of rotatable bonds is 6. The zero-order valence-electron chi connectivity index (χ0n) is 17.7. The molecule has 160 valence electrons. The van der Waals surface area contributed by atoms with Gasteiger partial charge in [0.05, 0.1) is 0 Å². The van der Waals surface area contributed by atoms with Gasteiger partial charge in [0.15, 0.2) is 0 Å². The highest BCUT2D eigenvalue weighted by Gasteiger charge is 2.40. The number of carbonyl (C=O) groups is 1. The smallest absolute Gasteiger partial charge is 0.251 e. The number of fused-ring (bicyclic) bond motifs is 3. The fourth-order valence-electron chi connectivity index (χ4n) is 5.33. The molecule has 5 heteroatoms. The molecule has 2 aliphatic heterocycles. The van der Waals surface area contributed by atoms with Gasteiger partial charge >= 0.3 is 0 Å². The van der Waals surface area contributed by atoms with E-state index in [2.05, 4.69) is 40.5 Å². The van der Waals surface area contributed by atoms with Crippen LogP contribution in [-0.2, 0) is 6.54 Å². The summed E-state index contributed by atoms with van der Waals surface area (Å²) in [6.07, 6.45) is 4.45. The van der Waals surface area contributed by atoms with Crippen molar-refractivity contribution in [2.75, 3.05) is 6.73 Å². The van der Waals surface area contributed by atoms with Gasteiger partial charge < -0.3 is 10.1 Å². The zero-order chi connectivity index (χ0) is 21.2. The van der Waals surface area contributed by atoms with Crippen molar-refractivity contribution < 1.29 is 9.53 Å². The molecule has 5 nitrogen and oxygen atoms in total. The highest BCUT2D eigenvalue weighted by atomic mass is 16.5. The lowest BCUT2D eigenvalue weighted by molar-refractivity contribution is 0.0827. The van der Waals surface area contributed by atoms with Crippen LogP contribution in [0.15, 0.2) is 66.7 Å². The van der Waals surface area contributed by atoms with Crippen molar-refractivity contribution in [1.29, 1.82) is 0 Å². The summed E-state index contributed by atoms with van der Waals surface area (Å²) in [6.45, 7) is 1.08. The third kappa shape index (κ3) is 4.16. The van der Waals surface area contributed by atoms with Crippen molar-refractivity contribution in [3.8, 4) is 5.75 Å². The van der Waals surface area contributed by atoms with Crippen LogP contribution in [0.25, 0.3) is 10.8 Å². The van der Waals surface area contributed by atoms with E-state index in [0.717, 1.165) is 30.2 Å². The van der Waals surface area contributed by atoms with Crippen molar-refractivity contribution in [3.05, 3.63) is 77.9 Å². The van der Waals surface area contributed by atoms with Crippen LogP contribution in [0.3, 0.4) is 0 Å². The summed E-state index contributed by atoms with van der Waals surface area (Å²) in [4.78, 5) is 15.7. The van der Waals surface area contributed by atoms with Crippen LogP contribution in [0.4, 0.5) is 0 Å². The summed E-state index contributed by atoms with van der Waals surface area (Å²) >= 11 is 0. The van der Waals surface area contributed by atoms with Gasteiger partial charge in [-0.2, -0.15) is 0 Å². The molecule has 2 fully saturated rings. The van der Waals surface area contributed by atoms with Crippen LogP contribution in [0, 0.1) is 0 Å². The number of hydrogen-bond acceptors (Lipinski definition) is 4. The molecular formula is C26H29N3O2. The lowest BCUT2D eigenvalue weighted by atomic mass is 9.96. The average Bonchev–Trinajstić information content (AvgIpc) is 3.02. The molecule has 3 aromatic carbocycles. The number of nitrogens with one attached hydrogen (secondary N) is 1. The Labute approximate surface area is 183 Å². The quantitative estimate of drug-likeness (QED) is 0.596. The maximum absolute atomic E-state index is 13.1. The molecule has 2 atom stereocenters. The van der Waals surface area contributed by atoms with E-state index in [4.69, 9.17) is 10.5 Å². The van der Waals surface area contributed by atoms with Gasteiger partial charge in [-0.1, -0.05) is 54.6 Å². The largest absolute Gasteiger partial charge is 0.478 e. The number of amides is 1. The summed E-state index contributed by atoms with van der Waals surface area (Å²) in [5.74, 6) is 0.622. The number of hydrogen-bond donors (Lipinski definition) is 2. The summed E-state index contributed by atoms with van der Waals surface area (Å²) in [6, 6.07) is 23.6. The maximum atomic E-state index is 13.1. The van der Waals surface area contributed by atoms with Gasteiger partial charge in [0.2, 0.25) is 0 Å². The first-order valence-corrected chi connectivity index (χ1v) is 11.2. The first-order valence-electron chi connectivity index (χ1n) is 11.2. The second-order valence-electron chi connectivity index (χ2n) is 8.69. The molecule has 0 spiro atoms. The SMILES string of the molecule is NCOc1cc(C(=O)NC2CC3CCC(C2)N3Cc2ccccc2)cc2ccccc12. The Bertz CT molecular complexity index is 1050. The minimum Gasteiger partial charge on any atom is -0.478 e. The Kier molecular flexibility index (Phi) is 5.62. The molecule has 0 aromatic heterocycles. The number of ether oxygens (including phenoxy) is 1. The molecule has 3 aromatic rings. The number of benzene rings is 3. The highest BCUT2D eigenvalue weighted by molar-refractivity contribution is 6.01. The Morgan fingerprint density at radius 2 is 1.71 bits per heavy atom. The maximum Gasteiger partial charge on any atom is 0.251 e. The Balaban J connectivity index is 1.29. The third-order valence-electron chi connectivity index (χ3n) is 6.75. The van der Waals surface area contributed by atoms with Crippen LogP contribution in [0.5, 0.6) is 5.75 Å². The minimum absolute atomic E-state index is 0.0338. The first-order chi connectivity index (χ1) is 15.2. The molecule has 0 radical (unpaired) electrons. The number of nitrogens with zero attached hydrogens (tertiary/aromatic N) is 1. The normalized spacial score (nSPS) is 23.1. The van der Waals surface area contributed by atoms with E-state index in [1.54, 1.807) is 0 Å². The van der Waals surface area contributed by atoms with Gasteiger partial charge in [0, 0.05) is 35.6 Å². The molecular weight excluding hydrogens is 386 g/mol. The van der Waals surface area contributed by atoms with Crippen LogP contribution >= 0.6 is 0 Å². The van der Waals surface area contributed by atoms with E-state index < -0.39 is 0 Å². The molecule has 2 aliphatic rings. The van der Waals surface area contributed by atoms with E-state index in [1.807, 2.05) is 36.4 Å². The van der Waals surface area contributed by atoms with Crippen molar-refractivity contribution in [2.45, 2.75) is 50.4 Å². The second kappa shape index (κ2) is 8.69. The lowest BCUT2D eigenvalue weighted by Crippen LogP contribution is -2.50. The Morgan fingerprint density at radius 1 is 1.00 bits per heavy atom. The van der Waals surface area contributed by atoms with Gasteiger partial charge in [-0.05, 0) is 48.8 Å². The van der Waals surface area contributed by atoms with Crippen molar-refractivity contribution in [3.63, 3.8) is 0 Å². The summed E-state index contributed by atoms with van der Waals surface area (Å²) in [5.41, 5.74) is 7.60. The zero-order valence-corrected chi connectivity index (χ0v) is 17.7. The Morgan fingerprint density at radius 3 is 2.45 bits per heavy atom. The fourth-order valence-corrected chi connectivity index (χ4v) is 5.33. The van der Waals surface area contributed by atoms with Crippen LogP contribution < -0.4 is 15.8 Å². The lowest BCUT2D eigenvalue weighted by Gasteiger charge is -2.39. The number of piperidine rings is 1. The minimum atomic E-state index is -0.0338. The number of nitrogens with two attached hydrogens (primary N) is 1. The third-order valence-corrected chi connectivity index (χ3v) is 6.75. The van der Waals surface area contributed by atoms with Crippen molar-refractivity contribution >= 4 is 16.7 Å². The van der Waals surface area contributed by atoms with E-state index >= 15 is 0 Å². The molecule has 2 heterocycles. The molecule has 31 heavy (non-hydrogen) atoms. The molecule has 5 rings (SSSR count). The summed E-state index contributed by atoms with van der Waals surface area (Å²) in [5, 5.41) is 5.25. The van der Waals surface area contributed by atoms with Gasteiger partial charge in [0.25, 0.3) is 5.91 Å². The molecule has 3 N–H and O–H groups in total. The molecule has 0 aliphatic carbocycles. The van der Waals surface area contributed by atoms with Crippen LogP contribution in [0.2, 0.25) is 0 Å². The van der Waals surface area contributed by atoms with Crippen molar-refractivity contribution in [1.82, 2.24) is 10.2 Å². The predicted octanol–water partition coefficient (Wildman–Crippen LogP) is 4.06. The molecule has 0 saturated carbocycles. The van der Waals surface area contributed by atoms with E-state index in [9.17, 15) is 4.79 Å². The van der Waals surface area contributed by atoms with E-state index in [0.29, 0.717) is 23.4 Å². The average molecular weight is 416 g/mol. The Hall–Kier alpha value is -2.89. The van der Waals surface area contributed by atoms with Gasteiger partial charge in [-0.25, -0.2) is 0 Å². The first kappa shape index (κ1) is 20.0. The standard InChI is InChI=1S/C26H29N3O2/c27-17-31-25-13-20(12-19-8-4-5-9-24(19)25)26(30)28-21-14-22-10-11-23(15-21)29(22)16-18-6-2-1-3-7-18/h1-9,12-13,21-23H,10-11,14-17,27H2,(H,28,30). The van der Waals surface area contributed by atoms with E-state index in [1.165, 1.54) is 18.4 Å². The van der Waals surface area contributed by atoms with Gasteiger partial charge in [0.1, 0.15) is 12.5 Å². The van der Waals surface area contributed by atoms with Gasteiger partial charge in [-0.15, -0.1) is 0 Å². The highest BCUT2D eigenvalue weighted by Crippen LogP contribution is 2.37. The van der Waals surface area contributed by atoms with Gasteiger partial charge in [-0.3, -0.25) is 15.4 Å². The predicted molar refractivity (Wildman–Crippen MR) is 123 cm³/mol. The second-order valence-corrected chi connectivity index (χ2v) is 8.69. The van der Waals surface area contributed by atoms with Crippen LogP contribution in [-0.4, -0.2) is 35.7 Å². The molecule has 2 saturated heterocycles. The molecule has 2 unspecified atom stereocenters. The van der Waals surface area contributed by atoms with Crippen molar-refractivity contribution in [2.24, 2.45) is 5.73 Å². The van der Waals surface area contributed by atoms with E-state index in [-0.39, 0.29) is 18.7 Å². The summed E-state index contributed by atoms with van der Waals surface area (Å²) < 4.78 is 5.61. The topological polar surface area (TPSA) is 67.6 Å². The fraction of sp³-hybridized carbons (Fsp3) is 0.346.